The molecular formula is C54H35BN2O2Si. The Morgan fingerprint density at radius 3 is 1.25 bits per heavy atom. The summed E-state index contributed by atoms with van der Waals surface area (Å²) in [5, 5.41) is 7.52. The zero-order valence-electron chi connectivity index (χ0n) is 32.5. The molecule has 4 heterocycles. The average Bonchev–Trinajstić information content (AvgIpc) is 3.83. The predicted molar refractivity (Wildman–Crippen MR) is 251 cm³/mol. The van der Waals surface area contributed by atoms with Crippen molar-refractivity contribution in [2.24, 2.45) is 0 Å². The minimum Gasteiger partial charge on any atom is -0.458 e. The van der Waals surface area contributed by atoms with Gasteiger partial charge in [-0.1, -0.05) is 164 Å². The zero-order valence-corrected chi connectivity index (χ0v) is 33.5. The molecule has 0 amide bonds. The summed E-state index contributed by atoms with van der Waals surface area (Å²) in [5.41, 5.74) is 10.4. The molecule has 0 saturated heterocycles. The van der Waals surface area contributed by atoms with Gasteiger partial charge in [0.05, 0.1) is 0 Å². The predicted octanol–water partition coefficient (Wildman–Crippen LogP) is 9.95. The molecule has 0 unspecified atom stereocenters. The molecule has 2 aromatic heterocycles. The van der Waals surface area contributed by atoms with Gasteiger partial charge in [0.15, 0.2) is 0 Å². The van der Waals surface area contributed by atoms with Gasteiger partial charge in [0.25, 0.3) is 6.71 Å². The molecule has 280 valence electrons. The first-order valence-corrected chi connectivity index (χ1v) is 22.5. The van der Waals surface area contributed by atoms with Crippen LogP contribution in [0.15, 0.2) is 212 Å². The fraction of sp³-hybridized carbons (Fsp3) is 0. The van der Waals surface area contributed by atoms with E-state index in [1.807, 2.05) is 0 Å². The molecule has 0 saturated carbocycles. The lowest BCUT2D eigenvalue weighted by molar-refractivity contribution is 0.465. The van der Waals surface area contributed by atoms with E-state index in [9.17, 15) is 0 Å². The normalized spacial score (nSPS) is 12.9. The van der Waals surface area contributed by atoms with E-state index in [1.54, 1.807) is 0 Å². The molecule has 11 aromatic rings. The molecule has 9 aromatic carbocycles. The Morgan fingerprint density at radius 1 is 0.333 bits per heavy atom. The van der Waals surface area contributed by atoms with Crippen LogP contribution in [0.1, 0.15) is 0 Å². The van der Waals surface area contributed by atoms with Gasteiger partial charge in [-0.15, -0.1) is 0 Å². The van der Waals surface area contributed by atoms with Crippen LogP contribution in [0.2, 0.25) is 0 Å². The Morgan fingerprint density at radius 2 is 0.750 bits per heavy atom. The quantitative estimate of drug-likeness (QED) is 0.163. The van der Waals surface area contributed by atoms with Gasteiger partial charge < -0.3 is 17.9 Å². The first kappa shape index (κ1) is 33.4. The lowest BCUT2D eigenvalue weighted by Gasteiger charge is -2.38. The maximum atomic E-state index is 6.80. The largest absolute Gasteiger partial charge is 0.458 e. The number of hydrogen-bond donors (Lipinski definition) is 0. The molecule has 6 heteroatoms. The number of aromatic nitrogens is 2. The van der Waals surface area contributed by atoms with Crippen molar-refractivity contribution in [2.45, 2.75) is 0 Å². The van der Waals surface area contributed by atoms with Crippen LogP contribution in [0.25, 0.3) is 54.7 Å². The van der Waals surface area contributed by atoms with Crippen LogP contribution in [0.5, 0.6) is 23.0 Å². The summed E-state index contributed by atoms with van der Waals surface area (Å²) in [5.74, 6) is 3.44. The van der Waals surface area contributed by atoms with E-state index in [0.29, 0.717) is 0 Å². The van der Waals surface area contributed by atoms with E-state index >= 15 is 0 Å². The second-order valence-electron chi connectivity index (χ2n) is 16.0. The number of rotatable bonds is 5. The van der Waals surface area contributed by atoms with E-state index in [0.717, 1.165) is 50.5 Å². The number of hydrogen-bond acceptors (Lipinski definition) is 2. The summed E-state index contributed by atoms with van der Waals surface area (Å²) in [6.07, 6.45) is 0. The average molecular weight is 783 g/mol. The Hall–Kier alpha value is -7.54. The van der Waals surface area contributed by atoms with Gasteiger partial charge in [-0.3, -0.25) is 0 Å². The Labute approximate surface area is 348 Å². The maximum Gasteiger partial charge on any atom is 0.340 e. The van der Waals surface area contributed by atoms with E-state index in [2.05, 4.69) is 221 Å². The summed E-state index contributed by atoms with van der Waals surface area (Å²) in [6, 6.07) is 77.6. The molecule has 2 aliphatic heterocycles. The van der Waals surface area contributed by atoms with Gasteiger partial charge in [-0.2, -0.15) is 0 Å². The van der Waals surface area contributed by atoms with Crippen LogP contribution in [0.4, 0.5) is 0 Å². The highest BCUT2D eigenvalue weighted by molar-refractivity contribution is 7.02. The molecule has 0 atom stereocenters. The third kappa shape index (κ3) is 4.56. The molecule has 0 fully saturated rings. The molecule has 0 aliphatic carbocycles. The van der Waals surface area contributed by atoms with Crippen molar-refractivity contribution in [3.8, 4) is 34.1 Å². The second kappa shape index (κ2) is 12.7. The van der Waals surface area contributed by atoms with Crippen molar-refractivity contribution in [3.63, 3.8) is 0 Å². The van der Waals surface area contributed by atoms with E-state index in [1.165, 1.54) is 54.0 Å². The smallest absolute Gasteiger partial charge is 0.340 e. The third-order valence-corrected chi connectivity index (χ3v) is 17.4. The fourth-order valence-corrected chi connectivity index (χ4v) is 15.6. The summed E-state index contributed by atoms with van der Waals surface area (Å²) < 4.78 is 19.1. The molecule has 13 rings (SSSR count). The lowest BCUT2D eigenvalue weighted by Crippen LogP contribution is -2.69. The second-order valence-corrected chi connectivity index (χ2v) is 19.4. The van der Waals surface area contributed by atoms with Crippen LogP contribution in [-0.2, 0) is 0 Å². The molecule has 60 heavy (non-hydrogen) atoms. The minimum absolute atomic E-state index is 0.0222. The summed E-state index contributed by atoms with van der Waals surface area (Å²) in [4.78, 5) is 0. The number of benzene rings is 9. The summed E-state index contributed by atoms with van der Waals surface area (Å²) >= 11 is 0. The van der Waals surface area contributed by atoms with E-state index < -0.39 is 8.40 Å². The molecular weight excluding hydrogens is 748 g/mol. The lowest BCUT2D eigenvalue weighted by atomic mass is 9.35. The zero-order chi connectivity index (χ0) is 39.4. The SMILES string of the molecule is c1ccc([Si](c2cccc(-c3cc4c5c(c3)Oc3ccccc3B5c3ccccc3O4)c2)(n2c3ccccc3c3ccccc32)n2c3ccccc3c3ccccc32)cc1. The van der Waals surface area contributed by atoms with Crippen LogP contribution >= 0.6 is 0 Å². The highest BCUT2D eigenvalue weighted by atomic mass is 28.3. The molecule has 0 bridgehead atoms. The van der Waals surface area contributed by atoms with Gasteiger partial charge in [0.2, 0.25) is 0 Å². The van der Waals surface area contributed by atoms with Crippen molar-refractivity contribution in [1.29, 1.82) is 0 Å². The molecule has 0 radical (unpaired) electrons. The van der Waals surface area contributed by atoms with Gasteiger partial charge in [0.1, 0.15) is 23.0 Å². The highest BCUT2D eigenvalue weighted by Gasteiger charge is 2.47. The standard InChI is InChI=1S/C54H35BN2O2Si/c1-2-18-38(19-3-1)60(56-46-27-10-4-21-40(46)41-22-5-11-28-47(41)56,57-48-29-12-6-23-42(48)43-24-7-13-30-49(43)57)39-20-16-17-36(33-39)37-34-52-54-53(35-37)59-51-32-15-9-26-45(51)55(54)44-25-8-14-31-50(44)58-52/h1-35H. The van der Waals surface area contributed by atoms with Gasteiger partial charge in [-0.05, 0) is 81.0 Å². The molecule has 0 spiro atoms. The molecule has 0 N–H and O–H groups in total. The molecule has 4 nitrogen and oxygen atoms in total. The van der Waals surface area contributed by atoms with Gasteiger partial charge >= 0.3 is 8.40 Å². The van der Waals surface area contributed by atoms with Gasteiger partial charge in [0, 0.05) is 49.1 Å². The topological polar surface area (TPSA) is 28.3 Å². The first-order valence-electron chi connectivity index (χ1n) is 20.6. The van der Waals surface area contributed by atoms with Crippen LogP contribution in [0, 0.1) is 0 Å². The summed E-state index contributed by atoms with van der Waals surface area (Å²) in [7, 11) is -3.39. The third-order valence-electron chi connectivity index (χ3n) is 12.9. The number of ether oxygens (including phenoxy) is 2. The van der Waals surface area contributed by atoms with Gasteiger partial charge in [-0.25, -0.2) is 0 Å². The van der Waals surface area contributed by atoms with E-state index in [-0.39, 0.29) is 6.71 Å². The number of para-hydroxylation sites is 6. The van der Waals surface area contributed by atoms with Crippen molar-refractivity contribution in [1.82, 2.24) is 8.47 Å². The minimum atomic E-state index is -3.39. The number of nitrogens with zero attached hydrogens (tertiary/aromatic N) is 2. The van der Waals surface area contributed by atoms with Crippen molar-refractivity contribution < 1.29 is 9.47 Å². The highest BCUT2D eigenvalue weighted by Crippen LogP contribution is 2.40. The Bertz CT molecular complexity index is 3240. The Kier molecular flexibility index (Phi) is 7.09. The maximum absolute atomic E-state index is 6.80. The van der Waals surface area contributed by atoms with E-state index in [4.69, 9.17) is 9.47 Å². The Balaban J connectivity index is 1.14. The van der Waals surface area contributed by atoms with Crippen LogP contribution < -0.4 is 36.2 Å². The van der Waals surface area contributed by atoms with Crippen LogP contribution in [0.3, 0.4) is 0 Å². The fourth-order valence-electron chi connectivity index (χ4n) is 10.5. The van der Waals surface area contributed by atoms with Crippen molar-refractivity contribution >= 4 is 85.5 Å². The first-order chi connectivity index (χ1) is 29.8. The monoisotopic (exact) mass is 782 g/mol. The van der Waals surface area contributed by atoms with Crippen LogP contribution in [-0.4, -0.2) is 23.6 Å². The molecule has 2 aliphatic rings. The van der Waals surface area contributed by atoms with Crippen molar-refractivity contribution in [2.75, 3.05) is 0 Å². The van der Waals surface area contributed by atoms with Crippen molar-refractivity contribution in [3.05, 3.63) is 212 Å². The number of fused-ring (bicyclic) bond motifs is 10. The summed E-state index contributed by atoms with van der Waals surface area (Å²) in [6.45, 7) is 0.0222.